The van der Waals surface area contributed by atoms with Crippen molar-refractivity contribution in [3.63, 3.8) is 0 Å². The van der Waals surface area contributed by atoms with Gasteiger partial charge in [0.2, 0.25) is 0 Å². The van der Waals surface area contributed by atoms with Gasteiger partial charge in [-0.3, -0.25) is 4.79 Å². The number of benzene rings is 1. The highest BCUT2D eigenvalue weighted by molar-refractivity contribution is 9.10. The lowest BCUT2D eigenvalue weighted by Crippen LogP contribution is -2.31. The van der Waals surface area contributed by atoms with E-state index in [-0.39, 0.29) is 5.91 Å². The van der Waals surface area contributed by atoms with Crippen LogP contribution in [0.1, 0.15) is 43.5 Å². The minimum atomic E-state index is 0.135. The fraction of sp³-hybridized carbons (Fsp3) is 0.500. The van der Waals surface area contributed by atoms with Crippen LogP contribution in [0, 0.1) is 0 Å². The lowest BCUT2D eigenvalue weighted by atomic mass is 10.2. The molecule has 2 nitrogen and oxygen atoms in total. The predicted octanol–water partition coefficient (Wildman–Crippen LogP) is 4.10. The highest BCUT2D eigenvalue weighted by Crippen LogP contribution is 2.12. The van der Waals surface area contributed by atoms with Crippen molar-refractivity contribution in [1.29, 1.82) is 0 Å². The summed E-state index contributed by atoms with van der Waals surface area (Å²) in [5.41, 5.74) is 0.770. The average molecular weight is 298 g/mol. The van der Waals surface area contributed by atoms with E-state index in [4.69, 9.17) is 0 Å². The molecule has 1 amide bonds. The zero-order valence-corrected chi connectivity index (χ0v) is 12.2. The van der Waals surface area contributed by atoms with Crippen molar-refractivity contribution in [3.8, 4) is 0 Å². The topological polar surface area (TPSA) is 20.3 Å². The maximum absolute atomic E-state index is 12.2. The van der Waals surface area contributed by atoms with E-state index in [0.717, 1.165) is 29.5 Å². The molecule has 0 aromatic heterocycles. The van der Waals surface area contributed by atoms with Crippen molar-refractivity contribution in [1.82, 2.24) is 4.90 Å². The summed E-state index contributed by atoms with van der Waals surface area (Å²) in [4.78, 5) is 14.1. The molecular weight excluding hydrogens is 278 g/mol. The monoisotopic (exact) mass is 297 g/mol. The van der Waals surface area contributed by atoms with E-state index in [2.05, 4.69) is 22.9 Å². The van der Waals surface area contributed by atoms with E-state index in [9.17, 15) is 4.79 Å². The smallest absolute Gasteiger partial charge is 0.253 e. The number of amides is 1. The van der Waals surface area contributed by atoms with Gasteiger partial charge >= 0.3 is 0 Å². The Kier molecular flexibility index (Phi) is 6.27. The Labute approximate surface area is 112 Å². The highest BCUT2D eigenvalue weighted by atomic mass is 79.9. The van der Waals surface area contributed by atoms with Gasteiger partial charge in [-0.05, 0) is 37.6 Å². The van der Waals surface area contributed by atoms with Crippen LogP contribution in [0.2, 0.25) is 0 Å². The van der Waals surface area contributed by atoms with Gasteiger partial charge in [-0.2, -0.15) is 0 Å². The van der Waals surface area contributed by atoms with E-state index in [1.165, 1.54) is 12.8 Å². The molecule has 1 aromatic rings. The quantitative estimate of drug-likeness (QED) is 0.724. The van der Waals surface area contributed by atoms with Gasteiger partial charge in [0.05, 0.1) is 0 Å². The van der Waals surface area contributed by atoms with Crippen molar-refractivity contribution in [2.24, 2.45) is 0 Å². The summed E-state index contributed by atoms with van der Waals surface area (Å²) < 4.78 is 1.00. The molecule has 0 unspecified atom stereocenters. The second kappa shape index (κ2) is 7.49. The highest BCUT2D eigenvalue weighted by Gasteiger charge is 2.12. The molecular formula is C14H20BrNO. The van der Waals surface area contributed by atoms with E-state index >= 15 is 0 Å². The predicted molar refractivity (Wildman–Crippen MR) is 75.2 cm³/mol. The van der Waals surface area contributed by atoms with E-state index < -0.39 is 0 Å². The number of nitrogens with zero attached hydrogens (tertiary/aromatic N) is 1. The SMILES string of the molecule is CCCCCN(CC)C(=O)c1ccc(Br)cc1. The number of carbonyl (C=O) groups excluding carboxylic acids is 1. The molecule has 0 bridgehead atoms. The van der Waals surface area contributed by atoms with E-state index in [1.807, 2.05) is 36.1 Å². The van der Waals surface area contributed by atoms with Crippen molar-refractivity contribution in [3.05, 3.63) is 34.3 Å². The number of hydrogen-bond donors (Lipinski definition) is 0. The molecule has 0 spiro atoms. The minimum Gasteiger partial charge on any atom is -0.339 e. The third-order valence-corrected chi connectivity index (χ3v) is 3.32. The molecule has 17 heavy (non-hydrogen) atoms. The first-order chi connectivity index (χ1) is 8.19. The maximum Gasteiger partial charge on any atom is 0.253 e. The lowest BCUT2D eigenvalue weighted by molar-refractivity contribution is 0.0761. The molecule has 0 aliphatic heterocycles. The minimum absolute atomic E-state index is 0.135. The molecule has 0 aliphatic carbocycles. The van der Waals surface area contributed by atoms with Crippen LogP contribution >= 0.6 is 15.9 Å². The number of hydrogen-bond acceptors (Lipinski definition) is 1. The molecule has 0 aliphatic rings. The van der Waals surface area contributed by atoms with Crippen LogP contribution in [0.3, 0.4) is 0 Å². The molecule has 0 saturated carbocycles. The second-order valence-electron chi connectivity index (χ2n) is 4.10. The summed E-state index contributed by atoms with van der Waals surface area (Å²) in [6.45, 7) is 5.84. The van der Waals surface area contributed by atoms with Crippen molar-refractivity contribution in [2.75, 3.05) is 13.1 Å². The van der Waals surface area contributed by atoms with Gasteiger partial charge < -0.3 is 4.90 Å². The molecule has 0 fully saturated rings. The van der Waals surface area contributed by atoms with E-state index in [1.54, 1.807) is 0 Å². The van der Waals surface area contributed by atoms with Crippen LogP contribution in [-0.4, -0.2) is 23.9 Å². The van der Waals surface area contributed by atoms with Gasteiger partial charge in [-0.15, -0.1) is 0 Å². The summed E-state index contributed by atoms with van der Waals surface area (Å²) >= 11 is 3.38. The fourth-order valence-electron chi connectivity index (χ4n) is 1.73. The molecule has 0 heterocycles. The van der Waals surface area contributed by atoms with Crippen LogP contribution in [-0.2, 0) is 0 Å². The first-order valence-electron chi connectivity index (χ1n) is 6.23. The fourth-order valence-corrected chi connectivity index (χ4v) is 2.00. The Hall–Kier alpha value is -0.830. The molecule has 0 N–H and O–H groups in total. The first kappa shape index (κ1) is 14.2. The zero-order valence-electron chi connectivity index (χ0n) is 10.6. The van der Waals surface area contributed by atoms with Gasteiger partial charge in [0, 0.05) is 23.1 Å². The third-order valence-electron chi connectivity index (χ3n) is 2.79. The molecule has 3 heteroatoms. The molecule has 94 valence electrons. The zero-order chi connectivity index (χ0) is 12.7. The lowest BCUT2D eigenvalue weighted by Gasteiger charge is -2.20. The Morgan fingerprint density at radius 2 is 1.82 bits per heavy atom. The van der Waals surface area contributed by atoms with E-state index in [0.29, 0.717) is 0 Å². The van der Waals surface area contributed by atoms with Gasteiger partial charge in [0.25, 0.3) is 5.91 Å². The first-order valence-corrected chi connectivity index (χ1v) is 7.03. The number of halogens is 1. The average Bonchev–Trinajstić information content (AvgIpc) is 2.35. The maximum atomic E-state index is 12.2. The van der Waals surface area contributed by atoms with Crippen LogP contribution in [0.4, 0.5) is 0 Å². The molecule has 0 atom stereocenters. The molecule has 0 radical (unpaired) electrons. The van der Waals surface area contributed by atoms with Crippen LogP contribution < -0.4 is 0 Å². The Bertz CT molecular complexity index is 348. The second-order valence-corrected chi connectivity index (χ2v) is 5.01. The Balaban J connectivity index is 2.62. The van der Waals surface area contributed by atoms with Crippen molar-refractivity contribution < 1.29 is 4.79 Å². The Morgan fingerprint density at radius 3 is 2.35 bits per heavy atom. The summed E-state index contributed by atoms with van der Waals surface area (Å²) in [6.07, 6.45) is 3.46. The van der Waals surface area contributed by atoms with Crippen LogP contribution in [0.25, 0.3) is 0 Å². The summed E-state index contributed by atoms with van der Waals surface area (Å²) in [5.74, 6) is 0.135. The van der Waals surface area contributed by atoms with Gasteiger partial charge in [-0.1, -0.05) is 35.7 Å². The van der Waals surface area contributed by atoms with Crippen molar-refractivity contribution >= 4 is 21.8 Å². The van der Waals surface area contributed by atoms with Gasteiger partial charge in [0.15, 0.2) is 0 Å². The largest absolute Gasteiger partial charge is 0.339 e. The summed E-state index contributed by atoms with van der Waals surface area (Å²) in [7, 11) is 0. The summed E-state index contributed by atoms with van der Waals surface area (Å²) in [6, 6.07) is 7.56. The number of unbranched alkanes of at least 4 members (excludes halogenated alkanes) is 2. The summed E-state index contributed by atoms with van der Waals surface area (Å²) in [5, 5.41) is 0. The van der Waals surface area contributed by atoms with Crippen LogP contribution in [0.15, 0.2) is 28.7 Å². The van der Waals surface area contributed by atoms with Gasteiger partial charge in [0.1, 0.15) is 0 Å². The van der Waals surface area contributed by atoms with Crippen LogP contribution in [0.5, 0.6) is 0 Å². The normalized spacial score (nSPS) is 10.3. The Morgan fingerprint density at radius 1 is 1.18 bits per heavy atom. The molecule has 1 rings (SSSR count). The standard InChI is InChI=1S/C14H20BrNO/c1-3-5-6-11-16(4-2)14(17)12-7-9-13(15)10-8-12/h7-10H,3-6,11H2,1-2H3. The molecule has 1 aromatic carbocycles. The van der Waals surface area contributed by atoms with Crippen molar-refractivity contribution in [2.45, 2.75) is 33.1 Å². The number of carbonyl (C=O) groups is 1. The van der Waals surface area contributed by atoms with Gasteiger partial charge in [-0.25, -0.2) is 0 Å². The molecule has 0 saturated heterocycles. The third kappa shape index (κ3) is 4.50. The number of rotatable bonds is 6.